The number of halogens is 2. The number of sulfonamides is 1. The Morgan fingerprint density at radius 2 is 1.44 bits per heavy atom. The molecule has 0 fully saturated rings. The van der Waals surface area contributed by atoms with E-state index in [2.05, 4.69) is 5.32 Å². The molecule has 1 atom stereocenters. The lowest BCUT2D eigenvalue weighted by Gasteiger charge is -2.35. The summed E-state index contributed by atoms with van der Waals surface area (Å²) >= 11 is 12.5. The molecule has 236 valence electrons. The van der Waals surface area contributed by atoms with Gasteiger partial charge in [-0.15, -0.1) is 0 Å². The fraction of sp³-hybridized carbons (Fsp3) is 0.257. The van der Waals surface area contributed by atoms with Gasteiger partial charge in [-0.05, 0) is 80.8 Å². The van der Waals surface area contributed by atoms with Crippen molar-refractivity contribution in [2.75, 3.05) is 10.8 Å². The van der Waals surface area contributed by atoms with Crippen molar-refractivity contribution in [1.82, 2.24) is 10.2 Å². The standard InChI is InChI=1S/C35H37Cl2N3O4S/c1-25-12-11-15-28(20-25)40(45(43,44)29-16-9-6-10-17-29)24-33(41)39(23-27-18-19-30(36)31(37)21-27)32(34(42)38-35(2,3)4)22-26-13-7-5-8-14-26/h5-21,32H,22-24H2,1-4H3,(H,38,42)/t32-/m1/s1. The van der Waals surface area contributed by atoms with Gasteiger partial charge in [-0.2, -0.15) is 0 Å². The molecule has 4 aromatic rings. The molecule has 0 spiro atoms. The molecule has 0 aliphatic heterocycles. The van der Waals surface area contributed by atoms with Gasteiger partial charge in [0.15, 0.2) is 0 Å². The zero-order chi connectivity index (χ0) is 32.8. The molecule has 0 heterocycles. The summed E-state index contributed by atoms with van der Waals surface area (Å²) in [5.41, 5.74) is 2.04. The number of aryl methyl sites for hydroxylation is 1. The number of nitrogens with zero attached hydrogens (tertiary/aromatic N) is 2. The van der Waals surface area contributed by atoms with E-state index in [0.717, 1.165) is 15.4 Å². The van der Waals surface area contributed by atoms with E-state index in [9.17, 15) is 18.0 Å². The third-order valence-electron chi connectivity index (χ3n) is 7.01. The van der Waals surface area contributed by atoms with Crippen molar-refractivity contribution in [1.29, 1.82) is 0 Å². The summed E-state index contributed by atoms with van der Waals surface area (Å²) in [4.78, 5) is 30.0. The first kappa shape index (κ1) is 34.0. The predicted octanol–water partition coefficient (Wildman–Crippen LogP) is 7.05. The van der Waals surface area contributed by atoms with Gasteiger partial charge in [0.25, 0.3) is 10.0 Å². The molecule has 0 radical (unpaired) electrons. The fourth-order valence-electron chi connectivity index (χ4n) is 4.87. The second kappa shape index (κ2) is 14.5. The number of carbonyl (C=O) groups excluding carboxylic acids is 2. The minimum atomic E-state index is -4.17. The number of anilines is 1. The van der Waals surface area contributed by atoms with Gasteiger partial charge in [0, 0.05) is 18.5 Å². The van der Waals surface area contributed by atoms with Gasteiger partial charge < -0.3 is 10.2 Å². The Balaban J connectivity index is 1.83. The van der Waals surface area contributed by atoms with E-state index in [1.807, 2.05) is 64.1 Å². The quantitative estimate of drug-likeness (QED) is 0.186. The van der Waals surface area contributed by atoms with Crippen LogP contribution in [0, 0.1) is 6.92 Å². The van der Waals surface area contributed by atoms with Crippen molar-refractivity contribution in [3.63, 3.8) is 0 Å². The maximum absolute atomic E-state index is 14.5. The van der Waals surface area contributed by atoms with Crippen LogP contribution in [0.4, 0.5) is 5.69 Å². The molecule has 2 amide bonds. The van der Waals surface area contributed by atoms with Crippen molar-refractivity contribution in [3.8, 4) is 0 Å². The fourth-order valence-corrected chi connectivity index (χ4v) is 6.62. The molecular formula is C35H37Cl2N3O4S. The smallest absolute Gasteiger partial charge is 0.264 e. The third-order valence-corrected chi connectivity index (χ3v) is 9.53. The molecule has 0 saturated carbocycles. The first-order valence-electron chi connectivity index (χ1n) is 14.5. The van der Waals surface area contributed by atoms with Crippen LogP contribution in [0.2, 0.25) is 10.0 Å². The SMILES string of the molecule is Cc1cccc(N(CC(=O)N(Cc2ccc(Cl)c(Cl)c2)[C@H](Cc2ccccc2)C(=O)NC(C)(C)C)S(=O)(=O)c2ccccc2)c1. The van der Waals surface area contributed by atoms with E-state index in [-0.39, 0.29) is 23.8 Å². The summed E-state index contributed by atoms with van der Waals surface area (Å²) in [5.74, 6) is -0.931. The highest BCUT2D eigenvalue weighted by molar-refractivity contribution is 7.92. The van der Waals surface area contributed by atoms with Crippen LogP contribution in [-0.4, -0.2) is 43.3 Å². The molecule has 45 heavy (non-hydrogen) atoms. The number of benzene rings is 4. The van der Waals surface area contributed by atoms with Gasteiger partial charge >= 0.3 is 0 Å². The zero-order valence-electron chi connectivity index (χ0n) is 25.7. The Morgan fingerprint density at radius 1 is 0.800 bits per heavy atom. The Labute approximate surface area is 275 Å². The van der Waals surface area contributed by atoms with Crippen LogP contribution in [0.25, 0.3) is 0 Å². The van der Waals surface area contributed by atoms with Crippen molar-refractivity contribution >= 4 is 50.7 Å². The maximum Gasteiger partial charge on any atom is 0.264 e. The zero-order valence-corrected chi connectivity index (χ0v) is 28.0. The molecule has 10 heteroatoms. The van der Waals surface area contributed by atoms with Gasteiger partial charge in [-0.1, -0.05) is 89.9 Å². The first-order chi connectivity index (χ1) is 21.2. The highest BCUT2D eigenvalue weighted by Gasteiger charge is 2.35. The van der Waals surface area contributed by atoms with Crippen LogP contribution < -0.4 is 9.62 Å². The topological polar surface area (TPSA) is 86.8 Å². The highest BCUT2D eigenvalue weighted by atomic mass is 35.5. The van der Waals surface area contributed by atoms with Crippen molar-refractivity contribution < 1.29 is 18.0 Å². The Morgan fingerprint density at radius 3 is 2.04 bits per heavy atom. The van der Waals surface area contributed by atoms with E-state index in [0.29, 0.717) is 21.3 Å². The molecule has 4 aromatic carbocycles. The molecule has 0 bridgehead atoms. The molecule has 4 rings (SSSR count). The molecule has 1 N–H and O–H groups in total. The Bertz CT molecular complexity index is 1740. The summed E-state index contributed by atoms with van der Waals surface area (Å²) in [5, 5.41) is 3.67. The first-order valence-corrected chi connectivity index (χ1v) is 16.7. The molecule has 0 aromatic heterocycles. The van der Waals surface area contributed by atoms with Gasteiger partial charge in [0.2, 0.25) is 11.8 Å². The number of carbonyl (C=O) groups is 2. The lowest BCUT2D eigenvalue weighted by Crippen LogP contribution is -2.56. The number of hydrogen-bond donors (Lipinski definition) is 1. The van der Waals surface area contributed by atoms with Gasteiger partial charge in [-0.25, -0.2) is 8.42 Å². The van der Waals surface area contributed by atoms with Crippen LogP contribution in [-0.2, 0) is 32.6 Å². The molecule has 0 saturated heterocycles. The van der Waals surface area contributed by atoms with E-state index in [1.165, 1.54) is 17.0 Å². The molecule has 0 unspecified atom stereocenters. The normalized spacial score (nSPS) is 12.3. The molecule has 7 nitrogen and oxygen atoms in total. The second-order valence-electron chi connectivity index (χ2n) is 11.9. The number of hydrogen-bond acceptors (Lipinski definition) is 4. The maximum atomic E-state index is 14.5. The van der Waals surface area contributed by atoms with E-state index < -0.39 is 34.1 Å². The number of amides is 2. The van der Waals surface area contributed by atoms with Crippen molar-refractivity contribution in [2.45, 2.75) is 57.1 Å². The number of nitrogens with one attached hydrogen (secondary N) is 1. The average Bonchev–Trinajstić information content (AvgIpc) is 2.99. The number of rotatable bonds is 11. The minimum Gasteiger partial charge on any atom is -0.350 e. The molecule has 0 aliphatic rings. The summed E-state index contributed by atoms with van der Waals surface area (Å²) < 4.78 is 29.2. The van der Waals surface area contributed by atoms with E-state index >= 15 is 0 Å². The summed E-state index contributed by atoms with van der Waals surface area (Å²) in [6, 6.07) is 28.3. The molecule has 0 aliphatic carbocycles. The minimum absolute atomic E-state index is 0.0160. The van der Waals surface area contributed by atoms with Crippen LogP contribution in [0.5, 0.6) is 0 Å². The largest absolute Gasteiger partial charge is 0.350 e. The average molecular weight is 667 g/mol. The van der Waals surface area contributed by atoms with Gasteiger partial charge in [0.05, 0.1) is 20.6 Å². The molecular weight excluding hydrogens is 629 g/mol. The van der Waals surface area contributed by atoms with Gasteiger partial charge in [-0.3, -0.25) is 13.9 Å². The van der Waals surface area contributed by atoms with Crippen LogP contribution in [0.3, 0.4) is 0 Å². The van der Waals surface area contributed by atoms with Gasteiger partial charge in [0.1, 0.15) is 12.6 Å². The summed E-state index contributed by atoms with van der Waals surface area (Å²) in [6.07, 6.45) is 0.200. The predicted molar refractivity (Wildman–Crippen MR) is 181 cm³/mol. The highest BCUT2D eigenvalue weighted by Crippen LogP contribution is 2.27. The van der Waals surface area contributed by atoms with Crippen molar-refractivity contribution in [2.24, 2.45) is 0 Å². The van der Waals surface area contributed by atoms with Crippen molar-refractivity contribution in [3.05, 3.63) is 130 Å². The summed E-state index contributed by atoms with van der Waals surface area (Å²) in [6.45, 7) is 6.88. The van der Waals surface area contributed by atoms with Crippen LogP contribution in [0.1, 0.15) is 37.5 Å². The van der Waals surface area contributed by atoms with E-state index in [4.69, 9.17) is 23.2 Å². The second-order valence-corrected chi connectivity index (χ2v) is 14.6. The Kier molecular flexibility index (Phi) is 11.0. The Hall–Kier alpha value is -3.85. The lowest BCUT2D eigenvalue weighted by molar-refractivity contribution is -0.140. The summed E-state index contributed by atoms with van der Waals surface area (Å²) in [7, 11) is -4.17. The third kappa shape index (κ3) is 9.10. The van der Waals surface area contributed by atoms with Crippen LogP contribution >= 0.6 is 23.2 Å². The van der Waals surface area contributed by atoms with Crippen LogP contribution in [0.15, 0.2) is 108 Å². The monoisotopic (exact) mass is 665 g/mol. The lowest BCUT2D eigenvalue weighted by atomic mass is 10.0. The van der Waals surface area contributed by atoms with E-state index in [1.54, 1.807) is 54.6 Å².